The fourth-order valence-electron chi connectivity index (χ4n) is 2.55. The molecule has 0 fully saturated rings. The molecule has 0 atom stereocenters. The molecule has 6 heteroatoms. The number of aromatic nitrogens is 2. The summed E-state index contributed by atoms with van der Waals surface area (Å²) in [6, 6.07) is 19.3. The van der Waals surface area contributed by atoms with Crippen LogP contribution in [0.1, 0.15) is 22.8 Å². The number of hydrogen-bond donors (Lipinski definition) is 1. The van der Waals surface area contributed by atoms with Gasteiger partial charge in [-0.05, 0) is 36.8 Å². The number of nitrogens with zero attached hydrogens (tertiary/aromatic N) is 3. The van der Waals surface area contributed by atoms with E-state index in [1.165, 1.54) is 23.8 Å². The zero-order valence-electron chi connectivity index (χ0n) is 14.4. The third-order valence-corrected chi connectivity index (χ3v) is 3.93. The Balaban J connectivity index is 1.69. The van der Waals surface area contributed by atoms with Gasteiger partial charge in [-0.1, -0.05) is 42.5 Å². The third-order valence-electron chi connectivity index (χ3n) is 3.93. The molecule has 26 heavy (non-hydrogen) atoms. The van der Waals surface area contributed by atoms with Crippen molar-refractivity contribution in [2.45, 2.75) is 13.5 Å². The van der Waals surface area contributed by atoms with E-state index in [1.807, 2.05) is 25.1 Å². The predicted molar refractivity (Wildman–Crippen MR) is 99.6 cm³/mol. The van der Waals surface area contributed by atoms with Gasteiger partial charge in [-0.15, -0.1) is 10.2 Å². The van der Waals surface area contributed by atoms with Crippen LogP contribution in [0.25, 0.3) is 0 Å². The molecule has 3 rings (SSSR count). The van der Waals surface area contributed by atoms with Crippen molar-refractivity contribution in [3.8, 4) is 0 Å². The van der Waals surface area contributed by atoms with Gasteiger partial charge in [0.05, 0.1) is 5.56 Å². The molecular weight excluding hydrogens is 331 g/mol. The Morgan fingerprint density at radius 1 is 1.00 bits per heavy atom. The average molecular weight is 350 g/mol. The zero-order chi connectivity index (χ0) is 18.4. The van der Waals surface area contributed by atoms with Crippen LogP contribution in [0.3, 0.4) is 0 Å². The van der Waals surface area contributed by atoms with Gasteiger partial charge in [0, 0.05) is 13.1 Å². The SMILES string of the molecule is CCN(Cc1ccccc1)c1ccc(NC(=O)c2ccccc2F)nn1. The zero-order valence-corrected chi connectivity index (χ0v) is 14.4. The molecule has 1 aromatic heterocycles. The van der Waals surface area contributed by atoms with Crippen LogP contribution < -0.4 is 10.2 Å². The first-order valence-corrected chi connectivity index (χ1v) is 8.36. The molecule has 0 aliphatic carbocycles. The summed E-state index contributed by atoms with van der Waals surface area (Å²) in [5.41, 5.74) is 1.14. The van der Waals surface area contributed by atoms with Crippen molar-refractivity contribution in [2.75, 3.05) is 16.8 Å². The fraction of sp³-hybridized carbons (Fsp3) is 0.150. The van der Waals surface area contributed by atoms with Gasteiger partial charge in [0.25, 0.3) is 5.91 Å². The molecule has 0 unspecified atom stereocenters. The van der Waals surface area contributed by atoms with E-state index in [9.17, 15) is 9.18 Å². The summed E-state index contributed by atoms with van der Waals surface area (Å²) < 4.78 is 13.7. The van der Waals surface area contributed by atoms with Crippen LogP contribution in [0.15, 0.2) is 66.7 Å². The molecule has 0 saturated heterocycles. The number of nitrogens with one attached hydrogen (secondary N) is 1. The Labute approximate surface area is 151 Å². The highest BCUT2D eigenvalue weighted by Gasteiger charge is 2.13. The van der Waals surface area contributed by atoms with E-state index in [-0.39, 0.29) is 11.4 Å². The highest BCUT2D eigenvalue weighted by molar-refractivity contribution is 6.03. The normalized spacial score (nSPS) is 10.4. The molecule has 0 aliphatic rings. The largest absolute Gasteiger partial charge is 0.351 e. The monoisotopic (exact) mass is 350 g/mol. The summed E-state index contributed by atoms with van der Waals surface area (Å²) in [4.78, 5) is 14.2. The predicted octanol–water partition coefficient (Wildman–Crippen LogP) is 3.89. The number of carbonyl (C=O) groups excluding carboxylic acids is 1. The molecule has 0 saturated carbocycles. The topological polar surface area (TPSA) is 58.1 Å². The van der Waals surface area contributed by atoms with Gasteiger partial charge in [0.2, 0.25) is 0 Å². The van der Waals surface area contributed by atoms with Gasteiger partial charge >= 0.3 is 0 Å². The van der Waals surface area contributed by atoms with Crippen molar-refractivity contribution in [3.05, 3.63) is 83.7 Å². The molecule has 1 N–H and O–H groups in total. The van der Waals surface area contributed by atoms with Crippen LogP contribution in [0.4, 0.5) is 16.0 Å². The lowest BCUT2D eigenvalue weighted by molar-refractivity contribution is 0.102. The number of carbonyl (C=O) groups is 1. The summed E-state index contributed by atoms with van der Waals surface area (Å²) in [6.07, 6.45) is 0. The lowest BCUT2D eigenvalue weighted by Gasteiger charge is -2.21. The van der Waals surface area contributed by atoms with Crippen LogP contribution in [-0.2, 0) is 6.54 Å². The van der Waals surface area contributed by atoms with Crippen molar-refractivity contribution in [3.63, 3.8) is 0 Å². The number of rotatable bonds is 6. The maximum absolute atomic E-state index is 13.7. The van der Waals surface area contributed by atoms with E-state index in [1.54, 1.807) is 18.2 Å². The van der Waals surface area contributed by atoms with E-state index >= 15 is 0 Å². The summed E-state index contributed by atoms with van der Waals surface area (Å²) in [6.45, 7) is 3.52. The van der Waals surface area contributed by atoms with E-state index in [4.69, 9.17) is 0 Å². The van der Waals surface area contributed by atoms with Crippen molar-refractivity contribution < 1.29 is 9.18 Å². The lowest BCUT2D eigenvalue weighted by atomic mass is 10.2. The van der Waals surface area contributed by atoms with E-state index in [0.29, 0.717) is 12.4 Å². The summed E-state index contributed by atoms with van der Waals surface area (Å²) in [7, 11) is 0. The van der Waals surface area contributed by atoms with Gasteiger partial charge in [-0.3, -0.25) is 4.79 Å². The van der Waals surface area contributed by atoms with Crippen molar-refractivity contribution in [2.24, 2.45) is 0 Å². The number of hydrogen-bond acceptors (Lipinski definition) is 4. The smallest absolute Gasteiger partial charge is 0.259 e. The molecule has 0 radical (unpaired) electrons. The number of benzene rings is 2. The second kappa shape index (κ2) is 8.20. The minimum atomic E-state index is -0.574. The van der Waals surface area contributed by atoms with Crippen LogP contribution in [0, 0.1) is 5.82 Å². The Kier molecular flexibility index (Phi) is 5.53. The quantitative estimate of drug-likeness (QED) is 0.733. The second-order valence-corrected chi connectivity index (χ2v) is 5.71. The molecule has 0 bridgehead atoms. The third kappa shape index (κ3) is 4.22. The van der Waals surface area contributed by atoms with Crippen LogP contribution in [0.2, 0.25) is 0 Å². The average Bonchev–Trinajstić information content (AvgIpc) is 2.68. The number of amides is 1. The number of halogens is 1. The van der Waals surface area contributed by atoms with Gasteiger partial charge in [0.15, 0.2) is 11.6 Å². The van der Waals surface area contributed by atoms with E-state index < -0.39 is 11.7 Å². The standard InChI is InChI=1S/C20H19FN4O/c1-2-25(14-15-8-4-3-5-9-15)19-13-12-18(23-24-19)22-20(26)16-10-6-7-11-17(16)21/h3-13H,2,14H2,1H3,(H,22,23,26). The lowest BCUT2D eigenvalue weighted by Crippen LogP contribution is -2.23. The molecular formula is C20H19FN4O. The molecule has 5 nitrogen and oxygen atoms in total. The first-order chi connectivity index (χ1) is 12.7. The molecule has 0 spiro atoms. The Bertz CT molecular complexity index is 868. The van der Waals surface area contributed by atoms with Crippen LogP contribution in [-0.4, -0.2) is 22.6 Å². The molecule has 2 aromatic carbocycles. The molecule has 1 heterocycles. The summed E-state index contributed by atoms with van der Waals surface area (Å²) in [5, 5.41) is 10.8. The Morgan fingerprint density at radius 3 is 2.38 bits per heavy atom. The Hall–Kier alpha value is -3.28. The summed E-state index contributed by atoms with van der Waals surface area (Å²) in [5.74, 6) is -0.144. The molecule has 3 aromatic rings. The molecule has 132 valence electrons. The summed E-state index contributed by atoms with van der Waals surface area (Å²) >= 11 is 0. The first-order valence-electron chi connectivity index (χ1n) is 8.36. The van der Waals surface area contributed by atoms with Gasteiger partial charge < -0.3 is 10.2 Å². The Morgan fingerprint density at radius 2 is 1.73 bits per heavy atom. The van der Waals surface area contributed by atoms with Gasteiger partial charge in [-0.2, -0.15) is 0 Å². The van der Waals surface area contributed by atoms with Crippen molar-refractivity contribution in [1.82, 2.24) is 10.2 Å². The van der Waals surface area contributed by atoms with E-state index in [0.717, 1.165) is 6.54 Å². The van der Waals surface area contributed by atoms with Crippen LogP contribution in [0.5, 0.6) is 0 Å². The van der Waals surface area contributed by atoms with Crippen molar-refractivity contribution in [1.29, 1.82) is 0 Å². The second-order valence-electron chi connectivity index (χ2n) is 5.71. The van der Waals surface area contributed by atoms with Crippen molar-refractivity contribution >= 4 is 17.5 Å². The minimum Gasteiger partial charge on any atom is -0.351 e. The molecule has 1 amide bonds. The van der Waals surface area contributed by atoms with Crippen LogP contribution >= 0.6 is 0 Å². The van der Waals surface area contributed by atoms with Gasteiger partial charge in [-0.25, -0.2) is 4.39 Å². The van der Waals surface area contributed by atoms with Gasteiger partial charge in [0.1, 0.15) is 5.82 Å². The van der Waals surface area contributed by atoms with E-state index in [2.05, 4.69) is 32.5 Å². The highest BCUT2D eigenvalue weighted by atomic mass is 19.1. The first kappa shape index (κ1) is 17.5. The maximum Gasteiger partial charge on any atom is 0.259 e. The number of anilines is 2. The molecule has 0 aliphatic heterocycles. The minimum absolute atomic E-state index is 0.0300. The maximum atomic E-state index is 13.7. The highest BCUT2D eigenvalue weighted by Crippen LogP contribution is 2.16. The fourth-order valence-corrected chi connectivity index (χ4v) is 2.55.